The second-order valence-corrected chi connectivity index (χ2v) is 6.98. The van der Waals surface area contributed by atoms with E-state index in [9.17, 15) is 14.4 Å². The molecule has 0 bridgehead atoms. The first-order chi connectivity index (χ1) is 13.6. The van der Waals surface area contributed by atoms with Gasteiger partial charge in [0.15, 0.2) is 0 Å². The SMILES string of the molecule is O=C(CN1C(=O)SC(=Cc2ccccc2)C1=O)Nc1ccc2nccnc2c1. The van der Waals surface area contributed by atoms with Crippen LogP contribution in [0.15, 0.2) is 65.8 Å². The van der Waals surface area contributed by atoms with Gasteiger partial charge in [0.1, 0.15) is 6.54 Å². The van der Waals surface area contributed by atoms with Crippen LogP contribution < -0.4 is 5.32 Å². The van der Waals surface area contributed by atoms with Gasteiger partial charge in [-0.15, -0.1) is 0 Å². The summed E-state index contributed by atoms with van der Waals surface area (Å²) in [5.74, 6) is -0.940. The maximum absolute atomic E-state index is 12.5. The first-order valence-electron chi connectivity index (χ1n) is 8.41. The lowest BCUT2D eigenvalue weighted by molar-refractivity contribution is -0.127. The predicted octanol–water partition coefficient (Wildman–Crippen LogP) is 3.30. The Morgan fingerprint density at radius 3 is 2.57 bits per heavy atom. The molecule has 3 aromatic rings. The van der Waals surface area contributed by atoms with Crippen LogP contribution in [0.2, 0.25) is 0 Å². The lowest BCUT2D eigenvalue weighted by Crippen LogP contribution is -2.36. The zero-order valence-electron chi connectivity index (χ0n) is 14.5. The summed E-state index contributed by atoms with van der Waals surface area (Å²) in [7, 11) is 0. The van der Waals surface area contributed by atoms with Crippen LogP contribution in [0.3, 0.4) is 0 Å². The Bertz CT molecular complexity index is 1110. The summed E-state index contributed by atoms with van der Waals surface area (Å²) < 4.78 is 0. The van der Waals surface area contributed by atoms with Crippen molar-refractivity contribution < 1.29 is 14.4 Å². The molecule has 7 nitrogen and oxygen atoms in total. The Morgan fingerprint density at radius 1 is 1.04 bits per heavy atom. The Balaban J connectivity index is 1.45. The summed E-state index contributed by atoms with van der Waals surface area (Å²) in [6.07, 6.45) is 4.79. The molecule has 0 radical (unpaired) electrons. The second-order valence-electron chi connectivity index (χ2n) is 5.99. The highest BCUT2D eigenvalue weighted by atomic mass is 32.2. The highest BCUT2D eigenvalue weighted by molar-refractivity contribution is 8.18. The second kappa shape index (κ2) is 7.61. The van der Waals surface area contributed by atoms with Crippen molar-refractivity contribution in [2.75, 3.05) is 11.9 Å². The molecule has 1 aliphatic heterocycles. The normalized spacial score (nSPS) is 15.4. The van der Waals surface area contributed by atoms with E-state index in [4.69, 9.17) is 0 Å². The molecule has 4 rings (SSSR count). The van der Waals surface area contributed by atoms with E-state index in [2.05, 4.69) is 15.3 Å². The molecule has 0 saturated carbocycles. The standard InChI is InChI=1S/C20H14N4O3S/c25-18(23-14-6-7-15-16(11-14)22-9-8-21-15)12-24-19(26)17(28-20(24)27)10-13-4-2-1-3-5-13/h1-11H,12H2,(H,23,25). The van der Waals surface area contributed by atoms with E-state index in [-0.39, 0.29) is 6.54 Å². The van der Waals surface area contributed by atoms with Gasteiger partial charge in [0, 0.05) is 18.1 Å². The molecule has 1 fully saturated rings. The molecule has 2 heterocycles. The van der Waals surface area contributed by atoms with Crippen LogP contribution in [0, 0.1) is 0 Å². The molecule has 0 aliphatic carbocycles. The van der Waals surface area contributed by atoms with Crippen LogP contribution in [0.5, 0.6) is 0 Å². The maximum Gasteiger partial charge on any atom is 0.294 e. The van der Waals surface area contributed by atoms with Crippen LogP contribution in [-0.4, -0.2) is 38.5 Å². The number of nitrogens with one attached hydrogen (secondary N) is 1. The highest BCUT2D eigenvalue weighted by Gasteiger charge is 2.36. The van der Waals surface area contributed by atoms with Gasteiger partial charge in [-0.2, -0.15) is 0 Å². The number of nitrogens with zero attached hydrogens (tertiary/aromatic N) is 3. The average Bonchev–Trinajstić information content (AvgIpc) is 2.96. The summed E-state index contributed by atoms with van der Waals surface area (Å²) in [6, 6.07) is 14.3. The number of rotatable bonds is 4. The minimum atomic E-state index is -0.474. The highest BCUT2D eigenvalue weighted by Crippen LogP contribution is 2.32. The van der Waals surface area contributed by atoms with Crippen molar-refractivity contribution in [3.63, 3.8) is 0 Å². The lowest BCUT2D eigenvalue weighted by Gasteiger charge is -2.12. The smallest absolute Gasteiger partial charge is 0.294 e. The maximum atomic E-state index is 12.5. The Morgan fingerprint density at radius 2 is 1.79 bits per heavy atom. The van der Waals surface area contributed by atoms with Gasteiger partial charge in [0.05, 0.1) is 15.9 Å². The molecule has 138 valence electrons. The van der Waals surface area contributed by atoms with Crippen molar-refractivity contribution in [1.82, 2.24) is 14.9 Å². The number of aromatic nitrogens is 2. The molecule has 1 aromatic heterocycles. The number of anilines is 1. The van der Waals surface area contributed by atoms with E-state index >= 15 is 0 Å². The van der Waals surface area contributed by atoms with E-state index < -0.39 is 17.1 Å². The van der Waals surface area contributed by atoms with Gasteiger partial charge in [-0.3, -0.25) is 29.3 Å². The molecule has 1 N–H and O–H groups in total. The third kappa shape index (κ3) is 3.77. The van der Waals surface area contributed by atoms with Crippen LogP contribution in [0.25, 0.3) is 17.1 Å². The van der Waals surface area contributed by atoms with Crippen molar-refractivity contribution in [2.24, 2.45) is 0 Å². The summed E-state index contributed by atoms with van der Waals surface area (Å²) in [4.78, 5) is 46.6. The topological polar surface area (TPSA) is 92.3 Å². The molecular weight excluding hydrogens is 376 g/mol. The van der Waals surface area contributed by atoms with Gasteiger partial charge in [-0.25, -0.2) is 0 Å². The largest absolute Gasteiger partial charge is 0.324 e. The van der Waals surface area contributed by atoms with Crippen LogP contribution >= 0.6 is 11.8 Å². The molecule has 8 heteroatoms. The minimum Gasteiger partial charge on any atom is -0.324 e. The Kier molecular flexibility index (Phi) is 4.86. The molecular formula is C20H14N4O3S. The van der Waals surface area contributed by atoms with Crippen molar-refractivity contribution in [2.45, 2.75) is 0 Å². The minimum absolute atomic E-state index is 0.296. The molecule has 0 atom stereocenters. The number of hydrogen-bond donors (Lipinski definition) is 1. The fraction of sp³-hybridized carbons (Fsp3) is 0.0500. The van der Waals surface area contributed by atoms with Gasteiger partial charge in [0.25, 0.3) is 11.1 Å². The fourth-order valence-electron chi connectivity index (χ4n) is 2.72. The Hall–Kier alpha value is -3.52. The quantitative estimate of drug-likeness (QED) is 0.687. The van der Waals surface area contributed by atoms with Crippen LogP contribution in [0.1, 0.15) is 5.56 Å². The zero-order chi connectivity index (χ0) is 19.5. The van der Waals surface area contributed by atoms with Crippen LogP contribution in [-0.2, 0) is 9.59 Å². The number of carbonyl (C=O) groups excluding carboxylic acids is 3. The van der Waals surface area contributed by atoms with Gasteiger partial charge in [0.2, 0.25) is 5.91 Å². The van der Waals surface area contributed by atoms with Crippen LogP contribution in [0.4, 0.5) is 10.5 Å². The first kappa shape index (κ1) is 17.9. The molecule has 1 aliphatic rings. The van der Waals surface area contributed by atoms with Crippen molar-refractivity contribution in [3.8, 4) is 0 Å². The van der Waals surface area contributed by atoms with Crippen molar-refractivity contribution in [1.29, 1.82) is 0 Å². The van der Waals surface area contributed by atoms with Gasteiger partial charge in [-0.1, -0.05) is 30.3 Å². The molecule has 2 aromatic carbocycles. The first-order valence-corrected chi connectivity index (χ1v) is 9.23. The fourth-order valence-corrected chi connectivity index (χ4v) is 3.56. The number of thioether (sulfide) groups is 1. The average molecular weight is 390 g/mol. The number of carbonyl (C=O) groups is 3. The molecule has 3 amide bonds. The van der Waals surface area contributed by atoms with Gasteiger partial charge < -0.3 is 5.32 Å². The molecule has 28 heavy (non-hydrogen) atoms. The van der Waals surface area contributed by atoms with Crippen molar-refractivity contribution in [3.05, 3.63) is 71.4 Å². The molecule has 0 unspecified atom stereocenters. The van der Waals surface area contributed by atoms with Gasteiger partial charge >= 0.3 is 0 Å². The summed E-state index contributed by atoms with van der Waals surface area (Å²) >= 11 is 0.827. The number of hydrogen-bond acceptors (Lipinski definition) is 6. The predicted molar refractivity (Wildman–Crippen MR) is 107 cm³/mol. The van der Waals surface area contributed by atoms with E-state index in [1.165, 1.54) is 0 Å². The zero-order valence-corrected chi connectivity index (χ0v) is 15.3. The number of benzene rings is 2. The summed E-state index contributed by atoms with van der Waals surface area (Å²) in [5, 5.41) is 2.22. The molecule has 1 saturated heterocycles. The number of amides is 3. The van der Waals surface area contributed by atoms with E-state index in [0.29, 0.717) is 21.6 Å². The van der Waals surface area contributed by atoms with Crippen molar-refractivity contribution >= 4 is 51.6 Å². The van der Waals surface area contributed by atoms with E-state index in [1.807, 2.05) is 30.3 Å². The number of fused-ring (bicyclic) bond motifs is 1. The van der Waals surface area contributed by atoms with Gasteiger partial charge in [-0.05, 0) is 41.6 Å². The lowest BCUT2D eigenvalue weighted by atomic mass is 10.2. The number of imide groups is 1. The van der Waals surface area contributed by atoms with E-state index in [0.717, 1.165) is 22.2 Å². The molecule has 0 spiro atoms. The summed E-state index contributed by atoms with van der Waals surface area (Å²) in [5.41, 5.74) is 2.68. The Labute approximate surface area is 164 Å². The third-order valence-electron chi connectivity index (χ3n) is 4.03. The van der Waals surface area contributed by atoms with E-state index in [1.54, 1.807) is 36.7 Å². The monoisotopic (exact) mass is 390 g/mol. The summed E-state index contributed by atoms with van der Waals surface area (Å²) in [6.45, 7) is -0.352. The third-order valence-corrected chi connectivity index (χ3v) is 4.93.